The highest BCUT2D eigenvalue weighted by Crippen LogP contribution is 2.35. The molecule has 1 aliphatic heterocycles. The zero-order chi connectivity index (χ0) is 16.4. The van der Waals surface area contributed by atoms with E-state index in [0.29, 0.717) is 11.3 Å². The summed E-state index contributed by atoms with van der Waals surface area (Å²) in [7, 11) is 0. The third-order valence-corrected chi connectivity index (χ3v) is 3.74. The van der Waals surface area contributed by atoms with Crippen LogP contribution in [0.25, 0.3) is 0 Å². The van der Waals surface area contributed by atoms with Gasteiger partial charge in [0.2, 0.25) is 0 Å². The van der Waals surface area contributed by atoms with Gasteiger partial charge in [0, 0.05) is 12.5 Å². The Bertz CT molecular complexity index is 744. The van der Waals surface area contributed by atoms with E-state index >= 15 is 0 Å². The molecule has 0 spiro atoms. The lowest BCUT2D eigenvalue weighted by atomic mass is 10.1. The van der Waals surface area contributed by atoms with Gasteiger partial charge in [-0.05, 0) is 17.2 Å². The number of carboxylic acid groups (broad SMARTS) is 1. The van der Waals surface area contributed by atoms with Crippen LogP contribution in [0.15, 0.2) is 48.5 Å². The van der Waals surface area contributed by atoms with Gasteiger partial charge >= 0.3 is 12.1 Å². The van der Waals surface area contributed by atoms with E-state index in [0.717, 1.165) is 10.5 Å². The van der Waals surface area contributed by atoms with Crippen LogP contribution in [0.2, 0.25) is 0 Å². The molecule has 0 aromatic heterocycles. The number of nitrogens with zero attached hydrogens (tertiary/aromatic N) is 1. The number of benzene rings is 2. The zero-order valence-electron chi connectivity index (χ0n) is 12.2. The second kappa shape index (κ2) is 6.00. The number of anilines is 1. The van der Waals surface area contributed by atoms with E-state index in [2.05, 4.69) is 0 Å². The highest BCUT2D eigenvalue weighted by atomic mass is 16.6. The highest BCUT2D eigenvalue weighted by molar-refractivity contribution is 5.98. The van der Waals surface area contributed by atoms with Crippen molar-refractivity contribution in [2.24, 2.45) is 0 Å². The molecule has 1 amide bonds. The zero-order valence-corrected chi connectivity index (χ0v) is 12.2. The van der Waals surface area contributed by atoms with Gasteiger partial charge < -0.3 is 14.9 Å². The quantitative estimate of drug-likeness (QED) is 0.909. The molecule has 0 fully saturated rings. The maximum Gasteiger partial charge on any atom is 0.415 e. The average Bonchev–Trinajstić information content (AvgIpc) is 2.92. The molecule has 0 bridgehead atoms. The Morgan fingerprint density at radius 2 is 1.91 bits per heavy atom. The molecule has 6 heteroatoms. The van der Waals surface area contributed by atoms with Crippen LogP contribution in [0.4, 0.5) is 10.5 Å². The molecule has 0 aliphatic carbocycles. The summed E-state index contributed by atoms with van der Waals surface area (Å²) in [5.41, 5.74) is 1.87. The average molecular weight is 313 g/mol. The predicted molar refractivity (Wildman–Crippen MR) is 82.3 cm³/mol. The lowest BCUT2D eigenvalue weighted by Crippen LogP contribution is -2.43. The molecule has 1 unspecified atom stereocenters. The first kappa shape index (κ1) is 14.9. The normalized spacial score (nSPS) is 16.0. The van der Waals surface area contributed by atoms with E-state index in [-0.39, 0.29) is 18.8 Å². The van der Waals surface area contributed by atoms with Gasteiger partial charge in [0.1, 0.15) is 18.4 Å². The number of carbonyl (C=O) groups excluding carboxylic acids is 1. The Morgan fingerprint density at radius 1 is 1.17 bits per heavy atom. The summed E-state index contributed by atoms with van der Waals surface area (Å²) in [6, 6.07) is 12.6. The summed E-state index contributed by atoms with van der Waals surface area (Å²) in [6.45, 7) is 0.0522. The third kappa shape index (κ3) is 2.96. The Balaban J connectivity index is 1.82. The van der Waals surface area contributed by atoms with Crippen LogP contribution in [0.5, 0.6) is 5.75 Å². The smallest absolute Gasteiger partial charge is 0.415 e. The molecule has 0 saturated heterocycles. The number of amides is 1. The van der Waals surface area contributed by atoms with Crippen LogP contribution in [-0.4, -0.2) is 28.3 Å². The van der Waals surface area contributed by atoms with Crippen LogP contribution < -0.4 is 4.90 Å². The number of aromatic hydroxyl groups is 1. The molecule has 2 aromatic carbocycles. The first-order valence-electron chi connectivity index (χ1n) is 7.11. The number of phenolic OH excluding ortho intramolecular Hbond substituents is 1. The number of carbonyl (C=O) groups is 2. The molecular weight excluding hydrogens is 298 g/mol. The second-order valence-corrected chi connectivity index (χ2v) is 5.28. The Kier molecular flexibility index (Phi) is 3.89. The van der Waals surface area contributed by atoms with Crippen molar-refractivity contribution in [2.45, 2.75) is 19.1 Å². The Hall–Kier alpha value is -3.02. The SMILES string of the molecule is O=C(O)C1Cc2ccc(O)cc2N1C(=O)OCc1ccccc1. The molecule has 23 heavy (non-hydrogen) atoms. The fourth-order valence-electron chi connectivity index (χ4n) is 2.63. The number of aliphatic carboxylic acids is 1. The standard InChI is InChI=1S/C17H15NO5/c19-13-7-6-12-8-15(16(20)21)18(14(12)9-13)17(22)23-10-11-4-2-1-3-5-11/h1-7,9,15,19H,8,10H2,(H,20,21). The number of carboxylic acids is 1. The molecule has 0 saturated carbocycles. The van der Waals surface area contributed by atoms with Crippen molar-refractivity contribution in [3.63, 3.8) is 0 Å². The maximum absolute atomic E-state index is 12.4. The minimum Gasteiger partial charge on any atom is -0.508 e. The largest absolute Gasteiger partial charge is 0.508 e. The minimum atomic E-state index is -1.11. The highest BCUT2D eigenvalue weighted by Gasteiger charge is 2.39. The van der Waals surface area contributed by atoms with Crippen LogP contribution in [-0.2, 0) is 22.6 Å². The van der Waals surface area contributed by atoms with Crippen molar-refractivity contribution in [3.05, 3.63) is 59.7 Å². The van der Waals surface area contributed by atoms with Crippen LogP contribution in [0.1, 0.15) is 11.1 Å². The summed E-state index contributed by atoms with van der Waals surface area (Å²) in [5, 5.41) is 18.9. The number of ether oxygens (including phenoxy) is 1. The topological polar surface area (TPSA) is 87.1 Å². The minimum absolute atomic E-state index is 0.0318. The molecule has 1 atom stereocenters. The fourth-order valence-corrected chi connectivity index (χ4v) is 2.63. The van der Waals surface area contributed by atoms with Gasteiger partial charge in [-0.15, -0.1) is 0 Å². The van der Waals surface area contributed by atoms with E-state index < -0.39 is 18.1 Å². The predicted octanol–water partition coefficient (Wildman–Crippen LogP) is 2.54. The lowest BCUT2D eigenvalue weighted by molar-refractivity contribution is -0.138. The molecule has 2 N–H and O–H groups in total. The Morgan fingerprint density at radius 3 is 2.61 bits per heavy atom. The lowest BCUT2D eigenvalue weighted by Gasteiger charge is -2.22. The number of phenols is 1. The van der Waals surface area contributed by atoms with Crippen molar-refractivity contribution in [1.82, 2.24) is 0 Å². The van der Waals surface area contributed by atoms with E-state index in [4.69, 9.17) is 4.74 Å². The van der Waals surface area contributed by atoms with Crippen molar-refractivity contribution < 1.29 is 24.5 Å². The summed E-state index contributed by atoms with van der Waals surface area (Å²) in [6.07, 6.45) is -0.559. The fraction of sp³-hybridized carbons (Fsp3) is 0.176. The summed E-state index contributed by atoms with van der Waals surface area (Å²) in [4.78, 5) is 24.9. The van der Waals surface area contributed by atoms with Crippen molar-refractivity contribution in [3.8, 4) is 5.75 Å². The van der Waals surface area contributed by atoms with Crippen molar-refractivity contribution in [1.29, 1.82) is 0 Å². The number of fused-ring (bicyclic) bond motifs is 1. The van der Waals surface area contributed by atoms with E-state index in [9.17, 15) is 19.8 Å². The van der Waals surface area contributed by atoms with E-state index in [1.165, 1.54) is 12.1 Å². The Labute approximate surface area is 132 Å². The summed E-state index contributed by atoms with van der Waals surface area (Å²) < 4.78 is 5.23. The van der Waals surface area contributed by atoms with Gasteiger partial charge in [-0.1, -0.05) is 36.4 Å². The van der Waals surface area contributed by atoms with Crippen molar-refractivity contribution in [2.75, 3.05) is 4.90 Å². The number of rotatable bonds is 3. The van der Waals surface area contributed by atoms with Crippen LogP contribution >= 0.6 is 0 Å². The first-order chi connectivity index (χ1) is 11.1. The summed E-state index contributed by atoms with van der Waals surface area (Å²) in [5.74, 6) is -1.15. The number of hydrogen-bond donors (Lipinski definition) is 2. The van der Waals surface area contributed by atoms with E-state index in [1.807, 2.05) is 30.3 Å². The number of hydrogen-bond acceptors (Lipinski definition) is 4. The molecule has 118 valence electrons. The van der Waals surface area contributed by atoms with Crippen molar-refractivity contribution >= 4 is 17.7 Å². The molecule has 3 rings (SSSR count). The molecule has 1 heterocycles. The van der Waals surface area contributed by atoms with Gasteiger partial charge in [-0.25, -0.2) is 9.59 Å². The van der Waals surface area contributed by atoms with Gasteiger partial charge in [-0.2, -0.15) is 0 Å². The van der Waals surface area contributed by atoms with Gasteiger partial charge in [0.15, 0.2) is 0 Å². The van der Waals surface area contributed by atoms with Gasteiger partial charge in [-0.3, -0.25) is 4.90 Å². The molecule has 0 radical (unpaired) electrons. The van der Waals surface area contributed by atoms with Gasteiger partial charge in [0.25, 0.3) is 0 Å². The first-order valence-corrected chi connectivity index (χ1v) is 7.11. The molecule has 2 aromatic rings. The molecule has 6 nitrogen and oxygen atoms in total. The molecular formula is C17H15NO5. The monoisotopic (exact) mass is 313 g/mol. The molecule has 1 aliphatic rings. The van der Waals surface area contributed by atoms with Crippen LogP contribution in [0, 0.1) is 0 Å². The van der Waals surface area contributed by atoms with E-state index in [1.54, 1.807) is 6.07 Å². The van der Waals surface area contributed by atoms with Crippen LogP contribution in [0.3, 0.4) is 0 Å². The summed E-state index contributed by atoms with van der Waals surface area (Å²) >= 11 is 0. The third-order valence-electron chi connectivity index (χ3n) is 3.74. The maximum atomic E-state index is 12.4. The van der Waals surface area contributed by atoms with Gasteiger partial charge in [0.05, 0.1) is 5.69 Å². The second-order valence-electron chi connectivity index (χ2n) is 5.28.